The molecule has 0 bridgehead atoms. The van der Waals surface area contributed by atoms with Crippen LogP contribution in [0.1, 0.15) is 29.4 Å². The van der Waals surface area contributed by atoms with Gasteiger partial charge in [-0.25, -0.2) is 4.98 Å². The van der Waals surface area contributed by atoms with Crippen LogP contribution in [0.2, 0.25) is 0 Å². The zero-order valence-corrected chi connectivity index (χ0v) is 12.4. The number of aromatic nitrogens is 1. The highest BCUT2D eigenvalue weighted by Gasteiger charge is 2.29. The lowest BCUT2D eigenvalue weighted by Gasteiger charge is -2.10. The number of benzene rings is 1. The van der Waals surface area contributed by atoms with Gasteiger partial charge in [-0.05, 0) is 42.8 Å². The summed E-state index contributed by atoms with van der Waals surface area (Å²) in [7, 11) is 0. The lowest BCUT2D eigenvalue weighted by Crippen LogP contribution is -2.24. The number of amides is 1. The average Bonchev–Trinajstić information content (AvgIpc) is 2.53. The van der Waals surface area contributed by atoms with Crippen LogP contribution >= 0.6 is 0 Å². The van der Waals surface area contributed by atoms with E-state index in [4.69, 9.17) is 0 Å². The minimum absolute atomic E-state index is 0.257. The van der Waals surface area contributed by atoms with Crippen molar-refractivity contribution in [2.75, 3.05) is 11.9 Å². The highest BCUT2D eigenvalue weighted by Crippen LogP contribution is 2.30. The molecule has 0 atom stereocenters. The summed E-state index contributed by atoms with van der Waals surface area (Å²) in [5.41, 5.74) is 0.667. The maximum Gasteiger partial charge on any atom is 0.416 e. The summed E-state index contributed by atoms with van der Waals surface area (Å²) in [6, 6.07) is 7.88. The van der Waals surface area contributed by atoms with Gasteiger partial charge >= 0.3 is 6.18 Å². The fourth-order valence-electron chi connectivity index (χ4n) is 1.84. The first-order valence-electron chi connectivity index (χ1n) is 7.08. The minimum atomic E-state index is -4.35. The maximum absolute atomic E-state index is 12.5. The summed E-state index contributed by atoms with van der Waals surface area (Å²) < 4.78 is 37.5. The Balaban J connectivity index is 2.02. The van der Waals surface area contributed by atoms with E-state index in [1.807, 2.05) is 6.92 Å². The third kappa shape index (κ3) is 4.70. The summed E-state index contributed by atoms with van der Waals surface area (Å²) in [5.74, 6) is -0.257. The van der Waals surface area contributed by atoms with Gasteiger partial charge in [-0.2, -0.15) is 13.2 Å². The van der Waals surface area contributed by atoms with Gasteiger partial charge in [0.15, 0.2) is 0 Å². The molecule has 0 spiro atoms. The quantitative estimate of drug-likeness (QED) is 0.875. The first-order valence-corrected chi connectivity index (χ1v) is 7.08. The first-order chi connectivity index (χ1) is 10.9. The Morgan fingerprint density at radius 3 is 2.26 bits per heavy atom. The van der Waals surface area contributed by atoms with Gasteiger partial charge in [-0.15, -0.1) is 0 Å². The van der Waals surface area contributed by atoms with Crippen LogP contribution in [-0.2, 0) is 6.18 Å². The molecule has 0 unspecified atom stereocenters. The molecule has 2 N–H and O–H groups in total. The molecule has 0 saturated heterocycles. The molecule has 23 heavy (non-hydrogen) atoms. The zero-order valence-electron chi connectivity index (χ0n) is 12.4. The van der Waals surface area contributed by atoms with Gasteiger partial charge in [0.25, 0.3) is 5.91 Å². The highest BCUT2D eigenvalue weighted by atomic mass is 19.4. The van der Waals surface area contributed by atoms with Gasteiger partial charge in [-0.1, -0.05) is 6.92 Å². The normalized spacial score (nSPS) is 11.1. The van der Waals surface area contributed by atoms with E-state index >= 15 is 0 Å². The number of hydrogen-bond acceptors (Lipinski definition) is 3. The topological polar surface area (TPSA) is 54.0 Å². The van der Waals surface area contributed by atoms with Crippen LogP contribution < -0.4 is 10.6 Å². The monoisotopic (exact) mass is 323 g/mol. The SMILES string of the molecule is CCCNC(=O)c1ccc(Nc2ccc(C(F)(F)F)cc2)cn1. The predicted molar refractivity (Wildman–Crippen MR) is 81.6 cm³/mol. The summed E-state index contributed by atoms with van der Waals surface area (Å²) in [5, 5.41) is 5.64. The number of nitrogens with one attached hydrogen (secondary N) is 2. The van der Waals surface area contributed by atoms with Crippen LogP contribution in [0.25, 0.3) is 0 Å². The molecule has 1 heterocycles. The zero-order chi connectivity index (χ0) is 16.9. The van der Waals surface area contributed by atoms with Crippen molar-refractivity contribution < 1.29 is 18.0 Å². The Labute approximate surface area is 131 Å². The predicted octanol–water partition coefficient (Wildman–Crippen LogP) is 3.98. The van der Waals surface area contributed by atoms with Crippen LogP contribution in [-0.4, -0.2) is 17.4 Å². The molecule has 0 radical (unpaired) electrons. The van der Waals surface area contributed by atoms with Crippen molar-refractivity contribution in [3.63, 3.8) is 0 Å². The van der Waals surface area contributed by atoms with E-state index in [2.05, 4.69) is 15.6 Å². The molecule has 1 aromatic carbocycles. The largest absolute Gasteiger partial charge is 0.416 e. The van der Waals surface area contributed by atoms with E-state index in [9.17, 15) is 18.0 Å². The van der Waals surface area contributed by atoms with Crippen molar-refractivity contribution in [2.45, 2.75) is 19.5 Å². The van der Waals surface area contributed by atoms with E-state index in [1.165, 1.54) is 18.3 Å². The Morgan fingerprint density at radius 2 is 1.74 bits per heavy atom. The van der Waals surface area contributed by atoms with Crippen molar-refractivity contribution in [2.24, 2.45) is 0 Å². The van der Waals surface area contributed by atoms with E-state index < -0.39 is 11.7 Å². The molecular weight excluding hydrogens is 307 g/mol. The van der Waals surface area contributed by atoms with Gasteiger partial charge in [-0.3, -0.25) is 4.79 Å². The van der Waals surface area contributed by atoms with Crippen LogP contribution in [0.3, 0.4) is 0 Å². The number of pyridine rings is 1. The number of halogens is 3. The van der Waals surface area contributed by atoms with Crippen molar-refractivity contribution >= 4 is 17.3 Å². The van der Waals surface area contributed by atoms with Crippen molar-refractivity contribution in [1.29, 1.82) is 0 Å². The summed E-state index contributed by atoms with van der Waals surface area (Å²) in [4.78, 5) is 15.7. The molecule has 1 aromatic heterocycles. The molecular formula is C16H16F3N3O. The lowest BCUT2D eigenvalue weighted by molar-refractivity contribution is -0.137. The second-order valence-corrected chi connectivity index (χ2v) is 4.89. The molecule has 0 aliphatic heterocycles. The first kappa shape index (κ1) is 16.8. The molecule has 2 aromatic rings. The fourth-order valence-corrected chi connectivity index (χ4v) is 1.84. The third-order valence-corrected chi connectivity index (χ3v) is 3.03. The number of carbonyl (C=O) groups is 1. The minimum Gasteiger partial charge on any atom is -0.354 e. The van der Waals surface area contributed by atoms with Crippen LogP contribution in [0.5, 0.6) is 0 Å². The molecule has 0 saturated carbocycles. The molecule has 122 valence electrons. The van der Waals surface area contributed by atoms with Gasteiger partial charge in [0.05, 0.1) is 17.4 Å². The van der Waals surface area contributed by atoms with Crippen molar-refractivity contribution in [3.05, 3.63) is 53.9 Å². The molecule has 1 amide bonds. The fraction of sp³-hybridized carbons (Fsp3) is 0.250. The van der Waals surface area contributed by atoms with Gasteiger partial charge in [0.1, 0.15) is 5.69 Å². The molecule has 0 fully saturated rings. The third-order valence-electron chi connectivity index (χ3n) is 3.03. The number of nitrogens with zero attached hydrogens (tertiary/aromatic N) is 1. The van der Waals surface area contributed by atoms with E-state index in [0.29, 0.717) is 17.9 Å². The van der Waals surface area contributed by atoms with E-state index in [1.54, 1.807) is 12.1 Å². The van der Waals surface area contributed by atoms with Crippen LogP contribution in [0.15, 0.2) is 42.6 Å². The van der Waals surface area contributed by atoms with Crippen LogP contribution in [0.4, 0.5) is 24.5 Å². The Morgan fingerprint density at radius 1 is 1.09 bits per heavy atom. The maximum atomic E-state index is 12.5. The van der Waals surface area contributed by atoms with Gasteiger partial charge in [0.2, 0.25) is 0 Å². The molecule has 2 rings (SSSR count). The van der Waals surface area contributed by atoms with Gasteiger partial charge in [0, 0.05) is 12.2 Å². The number of hydrogen-bond donors (Lipinski definition) is 2. The van der Waals surface area contributed by atoms with E-state index in [0.717, 1.165) is 18.6 Å². The second kappa shape index (κ2) is 7.13. The standard InChI is InChI=1S/C16H16F3N3O/c1-2-9-20-15(23)14-8-7-13(10-21-14)22-12-5-3-11(4-6-12)16(17,18)19/h3-8,10,22H,2,9H2,1H3,(H,20,23). The molecule has 7 heteroatoms. The van der Waals surface area contributed by atoms with E-state index in [-0.39, 0.29) is 11.6 Å². The van der Waals surface area contributed by atoms with Crippen molar-refractivity contribution in [3.8, 4) is 0 Å². The Kier molecular flexibility index (Phi) is 5.20. The van der Waals surface area contributed by atoms with Crippen molar-refractivity contribution in [1.82, 2.24) is 10.3 Å². The number of anilines is 2. The van der Waals surface area contributed by atoms with Crippen LogP contribution in [0, 0.1) is 0 Å². The van der Waals surface area contributed by atoms with Gasteiger partial charge < -0.3 is 10.6 Å². The molecule has 0 aliphatic rings. The lowest BCUT2D eigenvalue weighted by atomic mass is 10.2. The smallest absolute Gasteiger partial charge is 0.354 e. The Hall–Kier alpha value is -2.57. The summed E-state index contributed by atoms with van der Waals surface area (Å²) in [6.07, 6.45) is -2.06. The Bertz CT molecular complexity index is 652. The second-order valence-electron chi connectivity index (χ2n) is 4.89. The number of alkyl halides is 3. The molecule has 0 aliphatic carbocycles. The number of rotatable bonds is 5. The number of carbonyl (C=O) groups excluding carboxylic acids is 1. The summed E-state index contributed by atoms with van der Waals surface area (Å²) in [6.45, 7) is 2.52. The average molecular weight is 323 g/mol. The molecule has 4 nitrogen and oxygen atoms in total. The summed E-state index contributed by atoms with van der Waals surface area (Å²) >= 11 is 0. The highest BCUT2D eigenvalue weighted by molar-refractivity contribution is 5.92.